The molecule has 0 spiro atoms. The van der Waals surface area contributed by atoms with Crippen LogP contribution in [0.25, 0.3) is 10.4 Å². The molecule has 3 aromatic rings. The molecule has 1 aromatic carbocycles. The first kappa shape index (κ1) is 50.1. The maximum atomic E-state index is 12.2. The SMILES string of the molecule is CCCc1ncc(-c2ccc(CCCCN=C(N)NC(=O)c3nc(Cl)c(N)nc3N)cc2)s1.O=COCCCCN(CCC(O)CCCO)CC(O)CC(O)CCO. The number of nitrogens with one attached hydrogen (secondary N) is 1. The van der Waals surface area contributed by atoms with Crippen molar-refractivity contribution in [3.63, 3.8) is 0 Å². The zero-order valence-corrected chi connectivity index (χ0v) is 34.9. The number of rotatable bonds is 27. The lowest BCUT2D eigenvalue weighted by molar-refractivity contribution is -0.128. The molecule has 0 aliphatic rings. The minimum absolute atomic E-state index is 0.0227. The number of nitrogen functional groups attached to an aromatic ring is 2. The van der Waals surface area contributed by atoms with Crippen molar-refractivity contribution in [1.29, 1.82) is 0 Å². The Hall–Kier alpha value is -4.01. The van der Waals surface area contributed by atoms with Crippen molar-refractivity contribution in [3.8, 4) is 10.4 Å². The van der Waals surface area contributed by atoms with Gasteiger partial charge in [0.1, 0.15) is 0 Å². The van der Waals surface area contributed by atoms with Gasteiger partial charge in [0.2, 0.25) is 0 Å². The Balaban J connectivity index is 0.000000418. The zero-order chi connectivity index (χ0) is 42.7. The van der Waals surface area contributed by atoms with Crippen LogP contribution in [0, 0.1) is 0 Å². The molecular formula is C39H62ClN9O8S. The van der Waals surface area contributed by atoms with E-state index in [9.17, 15) is 24.9 Å². The van der Waals surface area contributed by atoms with Crippen LogP contribution in [0.3, 0.4) is 0 Å². The van der Waals surface area contributed by atoms with E-state index >= 15 is 0 Å². The van der Waals surface area contributed by atoms with E-state index in [1.807, 2.05) is 11.1 Å². The Labute approximate surface area is 349 Å². The molecule has 0 radical (unpaired) electrons. The maximum absolute atomic E-state index is 12.2. The maximum Gasteiger partial charge on any atom is 0.293 e. The number of guanidine groups is 1. The number of anilines is 2. The van der Waals surface area contributed by atoms with Gasteiger partial charge in [0.25, 0.3) is 12.4 Å². The van der Waals surface area contributed by atoms with Crippen molar-refractivity contribution < 1.29 is 39.9 Å². The molecule has 19 heteroatoms. The Kier molecular flexibility index (Phi) is 25.3. The van der Waals surface area contributed by atoms with E-state index in [1.165, 1.54) is 21.0 Å². The second-order valence-electron chi connectivity index (χ2n) is 13.7. The molecule has 324 valence electrons. The summed E-state index contributed by atoms with van der Waals surface area (Å²) in [6.45, 7) is 4.99. The van der Waals surface area contributed by atoms with Crippen LogP contribution in [0.1, 0.15) is 92.2 Å². The monoisotopic (exact) mass is 851 g/mol. The van der Waals surface area contributed by atoms with Crippen molar-refractivity contribution in [2.24, 2.45) is 10.7 Å². The largest absolute Gasteiger partial charge is 0.468 e. The molecule has 3 atom stereocenters. The molecule has 2 aromatic heterocycles. The molecule has 58 heavy (non-hydrogen) atoms. The Bertz CT molecular complexity index is 1640. The highest BCUT2D eigenvalue weighted by Gasteiger charge is 2.18. The van der Waals surface area contributed by atoms with Gasteiger partial charge in [0.05, 0.1) is 34.8 Å². The van der Waals surface area contributed by atoms with Gasteiger partial charge in [-0.05, 0) is 88.3 Å². The summed E-state index contributed by atoms with van der Waals surface area (Å²) in [6, 6.07) is 8.58. The summed E-state index contributed by atoms with van der Waals surface area (Å²) in [6.07, 6.45) is 8.39. The number of nitrogens with zero attached hydrogens (tertiary/aromatic N) is 5. The van der Waals surface area contributed by atoms with Crippen LogP contribution in [0.4, 0.5) is 11.6 Å². The van der Waals surface area contributed by atoms with Crippen LogP contribution in [0.2, 0.25) is 5.15 Å². The number of nitrogens with two attached hydrogens (primary N) is 3. The third-order valence-corrected chi connectivity index (χ3v) is 10.2. The number of benzene rings is 1. The number of aliphatic hydroxyl groups is 5. The number of hydrogen-bond acceptors (Lipinski definition) is 16. The van der Waals surface area contributed by atoms with E-state index in [0.717, 1.165) is 38.5 Å². The van der Waals surface area contributed by atoms with Gasteiger partial charge in [-0.15, -0.1) is 11.3 Å². The summed E-state index contributed by atoms with van der Waals surface area (Å²) >= 11 is 7.54. The number of aliphatic imine (C=N–C) groups is 1. The van der Waals surface area contributed by atoms with Crippen LogP contribution in [0.15, 0.2) is 35.5 Å². The summed E-state index contributed by atoms with van der Waals surface area (Å²) < 4.78 is 4.65. The van der Waals surface area contributed by atoms with E-state index in [0.29, 0.717) is 64.9 Å². The lowest BCUT2D eigenvalue weighted by Crippen LogP contribution is -2.38. The standard InChI is InChI=1S/C22H27ClN8OS.C17H35NO7/c1-2-5-16-28-12-15(33-16)14-9-7-13(8-10-14)6-3-4-11-27-22(26)31-21(32)17-19(24)30-20(25)18(23)29-17;19-9-3-4-15(22)5-8-18(7-1-2-11-25-14-21)13-17(24)12-16(23)6-10-20/h7-10,12H,2-6,11H2,1H3,(H4,24,25,30)(H3,26,27,31,32);14-17,19-20,22-24H,1-13H2. The number of amides is 1. The van der Waals surface area contributed by atoms with Gasteiger partial charge in [-0.3, -0.25) is 19.9 Å². The molecule has 0 aliphatic heterocycles. The molecule has 3 rings (SSSR count). The average molecular weight is 852 g/mol. The van der Waals surface area contributed by atoms with E-state index in [1.54, 1.807) is 11.3 Å². The Morgan fingerprint density at radius 2 is 1.71 bits per heavy atom. The molecular weight excluding hydrogens is 790 g/mol. The predicted molar refractivity (Wildman–Crippen MR) is 227 cm³/mol. The Morgan fingerprint density at radius 1 is 0.948 bits per heavy atom. The third kappa shape index (κ3) is 20.6. The molecule has 17 nitrogen and oxygen atoms in total. The van der Waals surface area contributed by atoms with E-state index < -0.39 is 24.2 Å². The van der Waals surface area contributed by atoms with Gasteiger partial charge < -0.3 is 52.4 Å². The summed E-state index contributed by atoms with van der Waals surface area (Å²) in [5.41, 5.74) is 19.2. The smallest absolute Gasteiger partial charge is 0.293 e. The molecule has 0 aliphatic carbocycles. The Morgan fingerprint density at radius 3 is 2.40 bits per heavy atom. The second-order valence-corrected chi connectivity index (χ2v) is 15.2. The predicted octanol–water partition coefficient (Wildman–Crippen LogP) is 2.70. The number of hydrogen-bond donors (Lipinski definition) is 9. The zero-order valence-electron chi connectivity index (χ0n) is 33.3. The van der Waals surface area contributed by atoms with Crippen molar-refractivity contribution in [1.82, 2.24) is 25.2 Å². The molecule has 0 saturated heterocycles. The number of aliphatic hydroxyl groups excluding tert-OH is 5. The van der Waals surface area contributed by atoms with Gasteiger partial charge in [0.15, 0.2) is 28.4 Å². The molecule has 2 heterocycles. The number of ether oxygens (including phenoxy) is 1. The minimum atomic E-state index is -0.738. The number of carbonyl (C=O) groups is 2. The molecule has 12 N–H and O–H groups in total. The van der Waals surface area contributed by atoms with Gasteiger partial charge in [-0.1, -0.05) is 42.8 Å². The average Bonchev–Trinajstić information content (AvgIpc) is 3.66. The van der Waals surface area contributed by atoms with Gasteiger partial charge in [-0.25, -0.2) is 15.0 Å². The third-order valence-electron chi connectivity index (χ3n) is 8.78. The number of aryl methyl sites for hydroxylation is 2. The number of carbonyl (C=O) groups excluding carboxylic acids is 2. The van der Waals surface area contributed by atoms with Gasteiger partial charge >= 0.3 is 0 Å². The van der Waals surface area contributed by atoms with Crippen molar-refractivity contribution in [2.75, 3.05) is 57.5 Å². The normalized spacial score (nSPS) is 13.1. The quantitative estimate of drug-likeness (QED) is 0.0231. The summed E-state index contributed by atoms with van der Waals surface area (Å²) in [4.78, 5) is 41.8. The first-order valence-corrected chi connectivity index (χ1v) is 20.9. The fourth-order valence-electron chi connectivity index (χ4n) is 5.69. The minimum Gasteiger partial charge on any atom is -0.468 e. The topological polar surface area (TPSA) is 289 Å². The van der Waals surface area contributed by atoms with Gasteiger partial charge in [-0.2, -0.15) is 0 Å². The molecule has 0 fully saturated rings. The lowest BCUT2D eigenvalue weighted by atomic mass is 10.1. The summed E-state index contributed by atoms with van der Waals surface area (Å²) in [5, 5.41) is 50.8. The van der Waals surface area contributed by atoms with Gasteiger partial charge in [0, 0.05) is 45.5 Å². The fraction of sp³-hybridized carbons (Fsp3) is 0.590. The summed E-state index contributed by atoms with van der Waals surface area (Å²) in [7, 11) is 0. The fourth-order valence-corrected chi connectivity index (χ4v) is 6.84. The molecule has 0 bridgehead atoms. The molecule has 1 amide bonds. The van der Waals surface area contributed by atoms with Crippen LogP contribution in [-0.2, 0) is 22.4 Å². The highest BCUT2D eigenvalue weighted by molar-refractivity contribution is 7.15. The van der Waals surface area contributed by atoms with E-state index in [-0.39, 0.29) is 54.5 Å². The van der Waals surface area contributed by atoms with E-state index in [4.69, 9.17) is 39.0 Å². The number of thiazole rings is 1. The van der Waals surface area contributed by atoms with Crippen molar-refractivity contribution in [3.05, 3.63) is 51.9 Å². The van der Waals surface area contributed by atoms with Crippen LogP contribution < -0.4 is 22.5 Å². The van der Waals surface area contributed by atoms with E-state index in [2.05, 4.69) is 61.2 Å². The highest BCUT2D eigenvalue weighted by Crippen LogP contribution is 2.27. The number of aromatic nitrogens is 3. The number of unbranched alkanes of at least 4 members (excludes halogenated alkanes) is 2. The van der Waals surface area contributed by atoms with Crippen molar-refractivity contribution >= 4 is 52.9 Å². The van der Waals surface area contributed by atoms with Crippen LogP contribution >= 0.6 is 22.9 Å². The van der Waals surface area contributed by atoms with Crippen LogP contribution in [0.5, 0.6) is 0 Å². The van der Waals surface area contributed by atoms with Crippen molar-refractivity contribution in [2.45, 2.75) is 102 Å². The lowest BCUT2D eigenvalue weighted by Gasteiger charge is -2.27. The highest BCUT2D eigenvalue weighted by atomic mass is 35.5. The van der Waals surface area contributed by atoms with Crippen LogP contribution in [-0.4, -0.2) is 128 Å². The molecule has 3 unspecified atom stereocenters. The number of halogens is 1. The molecule has 0 saturated carbocycles. The summed E-state index contributed by atoms with van der Waals surface area (Å²) in [5.74, 6) is -0.854. The first-order chi connectivity index (χ1) is 27.9. The second kappa shape index (κ2) is 29.2. The first-order valence-electron chi connectivity index (χ1n) is 19.7.